The van der Waals surface area contributed by atoms with E-state index in [9.17, 15) is 0 Å². The van der Waals surface area contributed by atoms with Gasteiger partial charge in [-0.3, -0.25) is 4.98 Å². The third-order valence-electron chi connectivity index (χ3n) is 10.1. The van der Waals surface area contributed by atoms with Crippen LogP contribution in [0, 0.1) is 0 Å². The fourth-order valence-corrected chi connectivity index (χ4v) is 7.80. The molecule has 0 spiro atoms. The first-order valence-corrected chi connectivity index (χ1v) is 17.1. The standard InChI is InChI=1S/C48H34N2/c1-4-12-35(13-5-1)37-20-24-41(25-21-37)50(42-26-22-38(23-27-42)36-14-6-2-7-15-36)43-28-29-45-44-18-10-11-19-46(44)48(47(45)34-43,39-16-8-3-9-17-39)40-30-32-49-33-31-40/h1-34H. The predicted molar refractivity (Wildman–Crippen MR) is 207 cm³/mol. The van der Waals surface area contributed by atoms with Crippen molar-refractivity contribution in [3.05, 3.63) is 229 Å². The van der Waals surface area contributed by atoms with Crippen molar-refractivity contribution in [2.45, 2.75) is 5.41 Å². The van der Waals surface area contributed by atoms with Gasteiger partial charge in [-0.1, -0.05) is 146 Å². The van der Waals surface area contributed by atoms with Crippen LogP contribution in [0.4, 0.5) is 17.1 Å². The van der Waals surface area contributed by atoms with Gasteiger partial charge >= 0.3 is 0 Å². The Labute approximate surface area is 293 Å². The molecule has 1 atom stereocenters. The fourth-order valence-electron chi connectivity index (χ4n) is 7.80. The largest absolute Gasteiger partial charge is 0.310 e. The van der Waals surface area contributed by atoms with Crippen LogP contribution in [0.2, 0.25) is 0 Å². The minimum absolute atomic E-state index is 0.508. The zero-order valence-electron chi connectivity index (χ0n) is 27.5. The van der Waals surface area contributed by atoms with Gasteiger partial charge in [-0.15, -0.1) is 0 Å². The van der Waals surface area contributed by atoms with Crippen LogP contribution in [0.1, 0.15) is 22.3 Å². The molecule has 0 saturated carbocycles. The number of benzene rings is 7. The van der Waals surface area contributed by atoms with Gasteiger partial charge in [0.2, 0.25) is 0 Å². The number of hydrogen-bond donors (Lipinski definition) is 0. The SMILES string of the molecule is c1ccc(-c2ccc(N(c3ccc(-c4ccccc4)cc3)c3ccc4c(c3)C(c3ccccc3)(c3ccncc3)c3ccccc3-4)cc2)cc1. The molecule has 7 aromatic carbocycles. The van der Waals surface area contributed by atoms with E-state index in [1.165, 1.54) is 55.6 Å². The molecule has 0 amide bonds. The molecule has 1 aromatic heterocycles. The van der Waals surface area contributed by atoms with Crippen LogP contribution in [0.5, 0.6) is 0 Å². The Morgan fingerprint density at radius 3 is 1.36 bits per heavy atom. The maximum atomic E-state index is 4.43. The summed E-state index contributed by atoms with van der Waals surface area (Å²) in [5.41, 5.74) is 15.1. The van der Waals surface area contributed by atoms with Crippen molar-refractivity contribution in [2.75, 3.05) is 4.90 Å². The zero-order chi connectivity index (χ0) is 33.3. The number of hydrogen-bond acceptors (Lipinski definition) is 2. The predicted octanol–water partition coefficient (Wildman–Crippen LogP) is 12.2. The molecule has 1 heterocycles. The molecule has 8 aromatic rings. The van der Waals surface area contributed by atoms with Crippen molar-refractivity contribution in [3.8, 4) is 33.4 Å². The Kier molecular flexibility index (Phi) is 7.40. The second-order valence-corrected chi connectivity index (χ2v) is 12.8. The summed E-state index contributed by atoms with van der Waals surface area (Å²) in [4.78, 5) is 6.81. The van der Waals surface area contributed by atoms with Crippen LogP contribution >= 0.6 is 0 Å². The maximum Gasteiger partial charge on any atom is 0.0715 e. The molecule has 0 fully saturated rings. The molecule has 0 aliphatic heterocycles. The lowest BCUT2D eigenvalue weighted by atomic mass is 9.68. The quantitative estimate of drug-likeness (QED) is 0.173. The second kappa shape index (κ2) is 12.5. The van der Waals surface area contributed by atoms with Gasteiger partial charge in [-0.05, 0) is 104 Å². The first-order valence-electron chi connectivity index (χ1n) is 17.1. The van der Waals surface area contributed by atoms with Gasteiger partial charge in [0.25, 0.3) is 0 Å². The smallest absolute Gasteiger partial charge is 0.0715 e. The summed E-state index contributed by atoms with van der Waals surface area (Å²) in [7, 11) is 0. The van der Waals surface area contributed by atoms with E-state index >= 15 is 0 Å². The van der Waals surface area contributed by atoms with E-state index in [0.717, 1.165) is 17.1 Å². The number of nitrogens with zero attached hydrogens (tertiary/aromatic N) is 2. The molecule has 236 valence electrons. The highest BCUT2D eigenvalue weighted by Crippen LogP contribution is 2.57. The minimum atomic E-state index is -0.508. The van der Waals surface area contributed by atoms with Gasteiger partial charge in [0.1, 0.15) is 0 Å². The highest BCUT2D eigenvalue weighted by Gasteiger charge is 2.46. The third-order valence-corrected chi connectivity index (χ3v) is 10.1. The summed E-state index contributed by atoms with van der Waals surface area (Å²) < 4.78 is 0. The summed E-state index contributed by atoms with van der Waals surface area (Å²) in [6.45, 7) is 0. The fraction of sp³-hybridized carbons (Fsp3) is 0.0208. The number of pyridine rings is 1. The lowest BCUT2D eigenvalue weighted by Crippen LogP contribution is -2.28. The van der Waals surface area contributed by atoms with Crippen molar-refractivity contribution in [2.24, 2.45) is 0 Å². The Bertz CT molecular complexity index is 2260. The average Bonchev–Trinajstić information content (AvgIpc) is 3.50. The lowest BCUT2D eigenvalue weighted by molar-refractivity contribution is 0.766. The molecule has 0 radical (unpaired) electrons. The monoisotopic (exact) mass is 638 g/mol. The highest BCUT2D eigenvalue weighted by molar-refractivity contribution is 5.90. The van der Waals surface area contributed by atoms with Crippen LogP contribution in [0.15, 0.2) is 207 Å². The topological polar surface area (TPSA) is 16.1 Å². The van der Waals surface area contributed by atoms with Crippen LogP contribution in [0.3, 0.4) is 0 Å². The second-order valence-electron chi connectivity index (χ2n) is 12.8. The van der Waals surface area contributed by atoms with Crippen molar-refractivity contribution in [3.63, 3.8) is 0 Å². The summed E-state index contributed by atoms with van der Waals surface area (Å²) in [5.74, 6) is 0. The van der Waals surface area contributed by atoms with Crippen LogP contribution in [-0.4, -0.2) is 4.98 Å². The molecule has 1 unspecified atom stereocenters. The number of aromatic nitrogens is 1. The Hall–Kier alpha value is -6.51. The van der Waals surface area contributed by atoms with E-state index in [1.807, 2.05) is 12.4 Å². The Morgan fingerprint density at radius 2 is 0.780 bits per heavy atom. The van der Waals surface area contributed by atoms with Crippen LogP contribution in [-0.2, 0) is 5.41 Å². The van der Waals surface area contributed by atoms with Gasteiger partial charge in [0.05, 0.1) is 5.41 Å². The highest BCUT2D eigenvalue weighted by atomic mass is 15.1. The van der Waals surface area contributed by atoms with E-state index in [0.29, 0.717) is 0 Å². The van der Waals surface area contributed by atoms with E-state index in [-0.39, 0.29) is 0 Å². The Balaban J connectivity index is 1.25. The zero-order valence-corrected chi connectivity index (χ0v) is 27.5. The molecule has 2 nitrogen and oxygen atoms in total. The van der Waals surface area contributed by atoms with Gasteiger partial charge in [0, 0.05) is 29.5 Å². The van der Waals surface area contributed by atoms with E-state index in [4.69, 9.17) is 0 Å². The molecule has 1 aliphatic carbocycles. The van der Waals surface area contributed by atoms with Gasteiger partial charge in [0.15, 0.2) is 0 Å². The first-order chi connectivity index (χ1) is 24.8. The molecule has 2 heteroatoms. The maximum absolute atomic E-state index is 4.43. The molecule has 1 aliphatic rings. The average molecular weight is 639 g/mol. The molecule has 50 heavy (non-hydrogen) atoms. The molecule has 0 N–H and O–H groups in total. The van der Waals surface area contributed by atoms with Crippen molar-refractivity contribution in [1.29, 1.82) is 0 Å². The number of rotatable bonds is 7. The molecular weight excluding hydrogens is 605 g/mol. The van der Waals surface area contributed by atoms with Crippen LogP contribution < -0.4 is 4.90 Å². The van der Waals surface area contributed by atoms with E-state index in [2.05, 4.69) is 204 Å². The third kappa shape index (κ3) is 4.93. The van der Waals surface area contributed by atoms with Gasteiger partial charge in [-0.25, -0.2) is 0 Å². The van der Waals surface area contributed by atoms with Crippen molar-refractivity contribution in [1.82, 2.24) is 4.98 Å². The molecule has 0 saturated heterocycles. The summed E-state index contributed by atoms with van der Waals surface area (Å²) in [6, 6.07) is 70.2. The Morgan fingerprint density at radius 1 is 0.340 bits per heavy atom. The van der Waals surface area contributed by atoms with Crippen molar-refractivity contribution >= 4 is 17.1 Å². The van der Waals surface area contributed by atoms with Gasteiger partial charge in [-0.2, -0.15) is 0 Å². The van der Waals surface area contributed by atoms with E-state index in [1.54, 1.807) is 0 Å². The van der Waals surface area contributed by atoms with E-state index < -0.39 is 5.41 Å². The lowest BCUT2D eigenvalue weighted by Gasteiger charge is -2.34. The molecule has 0 bridgehead atoms. The number of anilines is 3. The summed E-state index contributed by atoms with van der Waals surface area (Å²) in [6.07, 6.45) is 3.83. The number of fused-ring (bicyclic) bond motifs is 3. The minimum Gasteiger partial charge on any atom is -0.310 e. The van der Waals surface area contributed by atoms with Crippen LogP contribution in [0.25, 0.3) is 33.4 Å². The summed E-state index contributed by atoms with van der Waals surface area (Å²) in [5, 5.41) is 0. The van der Waals surface area contributed by atoms with Gasteiger partial charge < -0.3 is 4.90 Å². The first kappa shape index (κ1) is 29.6. The molecule has 9 rings (SSSR count). The molecular formula is C48H34N2. The van der Waals surface area contributed by atoms with Crippen molar-refractivity contribution < 1.29 is 0 Å². The normalized spacial score (nSPS) is 14.5. The summed E-state index contributed by atoms with van der Waals surface area (Å²) >= 11 is 0.